The third kappa shape index (κ3) is 3.57. The second-order valence-corrected chi connectivity index (χ2v) is 6.97. The lowest BCUT2D eigenvalue weighted by Crippen LogP contribution is -2.43. The Labute approximate surface area is 150 Å². The SMILES string of the molecule is C[C@H](NC(=O)CN1C(=O)CSc2ccccc21)c1ccccc1Cl. The zero-order valence-corrected chi connectivity index (χ0v) is 14.7. The summed E-state index contributed by atoms with van der Waals surface area (Å²) >= 11 is 7.67. The van der Waals surface area contributed by atoms with E-state index < -0.39 is 0 Å². The van der Waals surface area contributed by atoms with Crippen molar-refractivity contribution in [3.63, 3.8) is 0 Å². The van der Waals surface area contributed by atoms with Gasteiger partial charge in [-0.1, -0.05) is 41.9 Å². The second-order valence-electron chi connectivity index (χ2n) is 5.55. The molecule has 0 bridgehead atoms. The van der Waals surface area contributed by atoms with Crippen molar-refractivity contribution in [3.8, 4) is 0 Å². The number of nitrogens with one attached hydrogen (secondary N) is 1. The Morgan fingerprint density at radius 1 is 1.25 bits per heavy atom. The molecule has 2 aromatic rings. The van der Waals surface area contributed by atoms with Crippen molar-refractivity contribution >= 4 is 40.9 Å². The molecule has 4 nitrogen and oxygen atoms in total. The van der Waals surface area contributed by atoms with E-state index in [1.54, 1.807) is 11.0 Å². The molecule has 1 atom stereocenters. The fourth-order valence-corrected chi connectivity index (χ4v) is 3.90. The molecule has 1 N–H and O–H groups in total. The lowest BCUT2D eigenvalue weighted by molar-refractivity contribution is -0.123. The molecule has 0 saturated carbocycles. The normalized spacial score (nSPS) is 14.9. The molecule has 0 radical (unpaired) electrons. The Bertz CT molecular complexity index is 781. The number of carbonyl (C=O) groups excluding carboxylic acids is 2. The van der Waals surface area contributed by atoms with Crippen LogP contribution >= 0.6 is 23.4 Å². The quantitative estimate of drug-likeness (QED) is 0.905. The summed E-state index contributed by atoms with van der Waals surface area (Å²) in [6, 6.07) is 14.8. The van der Waals surface area contributed by atoms with Crippen molar-refractivity contribution in [3.05, 3.63) is 59.1 Å². The first-order valence-electron chi connectivity index (χ1n) is 7.62. The van der Waals surface area contributed by atoms with Gasteiger partial charge in [-0.05, 0) is 30.7 Å². The third-order valence-corrected chi connectivity index (χ3v) is 5.25. The monoisotopic (exact) mass is 360 g/mol. The standard InChI is InChI=1S/C18H17ClN2O2S/c1-12(13-6-2-3-7-14(13)19)20-17(22)10-21-15-8-4-5-9-16(15)24-11-18(21)23/h2-9,12H,10-11H2,1H3,(H,20,22)/t12-/m0/s1. The zero-order chi connectivity index (χ0) is 17.1. The highest BCUT2D eigenvalue weighted by Crippen LogP contribution is 2.34. The van der Waals surface area contributed by atoms with Gasteiger partial charge in [0.15, 0.2) is 0 Å². The highest BCUT2D eigenvalue weighted by molar-refractivity contribution is 8.00. The van der Waals surface area contributed by atoms with E-state index in [4.69, 9.17) is 11.6 Å². The van der Waals surface area contributed by atoms with Crippen LogP contribution in [-0.2, 0) is 9.59 Å². The molecule has 2 amide bonds. The van der Waals surface area contributed by atoms with Crippen molar-refractivity contribution in [2.45, 2.75) is 17.9 Å². The lowest BCUT2D eigenvalue weighted by atomic mass is 10.1. The van der Waals surface area contributed by atoms with Crippen LogP contribution in [0.2, 0.25) is 5.02 Å². The molecule has 24 heavy (non-hydrogen) atoms. The van der Waals surface area contributed by atoms with Crippen molar-refractivity contribution in [1.29, 1.82) is 0 Å². The summed E-state index contributed by atoms with van der Waals surface area (Å²) in [4.78, 5) is 27.2. The van der Waals surface area contributed by atoms with E-state index in [2.05, 4.69) is 5.32 Å². The number of hydrogen-bond donors (Lipinski definition) is 1. The number of rotatable bonds is 4. The number of anilines is 1. The van der Waals surface area contributed by atoms with Gasteiger partial charge in [0.25, 0.3) is 0 Å². The highest BCUT2D eigenvalue weighted by Gasteiger charge is 2.26. The van der Waals surface area contributed by atoms with Crippen LogP contribution in [0.15, 0.2) is 53.4 Å². The van der Waals surface area contributed by atoms with Crippen molar-refractivity contribution in [1.82, 2.24) is 5.32 Å². The Hall–Kier alpha value is -1.98. The van der Waals surface area contributed by atoms with Gasteiger partial charge in [-0.15, -0.1) is 11.8 Å². The molecule has 2 aromatic carbocycles. The predicted octanol–water partition coefficient (Wildman–Crippen LogP) is 3.66. The van der Waals surface area contributed by atoms with Crippen molar-refractivity contribution in [2.75, 3.05) is 17.2 Å². The number of benzene rings is 2. The summed E-state index contributed by atoms with van der Waals surface area (Å²) in [7, 11) is 0. The maximum absolute atomic E-state index is 12.4. The van der Waals surface area contributed by atoms with Crippen molar-refractivity contribution in [2.24, 2.45) is 0 Å². The van der Waals surface area contributed by atoms with Gasteiger partial charge in [0.2, 0.25) is 11.8 Å². The fourth-order valence-electron chi connectivity index (χ4n) is 2.66. The topological polar surface area (TPSA) is 49.4 Å². The van der Waals surface area contributed by atoms with Crippen LogP contribution in [0.5, 0.6) is 0 Å². The summed E-state index contributed by atoms with van der Waals surface area (Å²) < 4.78 is 0. The summed E-state index contributed by atoms with van der Waals surface area (Å²) in [6.07, 6.45) is 0. The van der Waals surface area contributed by atoms with E-state index in [1.165, 1.54) is 11.8 Å². The summed E-state index contributed by atoms with van der Waals surface area (Å²) in [5.41, 5.74) is 1.65. The molecule has 0 spiro atoms. The number of para-hydroxylation sites is 1. The maximum atomic E-state index is 12.4. The van der Waals surface area contributed by atoms with E-state index >= 15 is 0 Å². The minimum atomic E-state index is -0.226. The molecule has 124 valence electrons. The van der Waals surface area contributed by atoms with E-state index in [1.807, 2.05) is 49.4 Å². The summed E-state index contributed by atoms with van der Waals surface area (Å²) in [5, 5.41) is 3.52. The molecule has 0 unspecified atom stereocenters. The number of halogens is 1. The van der Waals surface area contributed by atoms with E-state index in [0.717, 1.165) is 16.1 Å². The molecule has 0 saturated heterocycles. The van der Waals surface area contributed by atoms with Crippen LogP contribution in [0.1, 0.15) is 18.5 Å². The first kappa shape index (κ1) is 16.9. The van der Waals surface area contributed by atoms with Gasteiger partial charge < -0.3 is 10.2 Å². The zero-order valence-electron chi connectivity index (χ0n) is 13.2. The number of nitrogens with zero attached hydrogens (tertiary/aromatic N) is 1. The van der Waals surface area contributed by atoms with Crippen LogP contribution in [0.3, 0.4) is 0 Å². The van der Waals surface area contributed by atoms with Gasteiger partial charge in [0.05, 0.1) is 17.5 Å². The first-order valence-corrected chi connectivity index (χ1v) is 8.98. The lowest BCUT2D eigenvalue weighted by Gasteiger charge is -2.29. The average molecular weight is 361 g/mol. The minimum absolute atomic E-state index is 0.00516. The van der Waals surface area contributed by atoms with Crippen LogP contribution in [-0.4, -0.2) is 24.1 Å². The van der Waals surface area contributed by atoms with Crippen LogP contribution in [0.25, 0.3) is 0 Å². The van der Waals surface area contributed by atoms with E-state index in [0.29, 0.717) is 10.8 Å². The second kappa shape index (κ2) is 7.28. The Morgan fingerprint density at radius 3 is 2.75 bits per heavy atom. The van der Waals surface area contributed by atoms with E-state index in [-0.39, 0.29) is 24.4 Å². The number of fused-ring (bicyclic) bond motifs is 1. The fraction of sp³-hybridized carbons (Fsp3) is 0.222. The van der Waals surface area contributed by atoms with E-state index in [9.17, 15) is 9.59 Å². The molecule has 0 fully saturated rings. The molecule has 6 heteroatoms. The number of hydrogen-bond acceptors (Lipinski definition) is 3. The number of carbonyl (C=O) groups is 2. The Balaban J connectivity index is 1.71. The summed E-state index contributed by atoms with van der Waals surface area (Å²) in [6.45, 7) is 1.88. The van der Waals surface area contributed by atoms with Gasteiger partial charge in [-0.3, -0.25) is 9.59 Å². The molecular weight excluding hydrogens is 344 g/mol. The average Bonchev–Trinajstić information content (AvgIpc) is 2.58. The first-order chi connectivity index (χ1) is 11.6. The van der Waals surface area contributed by atoms with Gasteiger partial charge in [0.1, 0.15) is 6.54 Å². The molecule has 0 aromatic heterocycles. The highest BCUT2D eigenvalue weighted by atomic mass is 35.5. The van der Waals surface area contributed by atoms with Gasteiger partial charge in [0, 0.05) is 9.92 Å². The smallest absolute Gasteiger partial charge is 0.240 e. The predicted molar refractivity (Wildman–Crippen MR) is 97.5 cm³/mol. The third-order valence-electron chi connectivity index (χ3n) is 3.86. The Kier molecular flexibility index (Phi) is 5.11. The molecule has 0 aliphatic carbocycles. The Morgan fingerprint density at radius 2 is 1.96 bits per heavy atom. The molecule has 1 aliphatic rings. The molecule has 3 rings (SSSR count). The van der Waals surface area contributed by atoms with Crippen LogP contribution < -0.4 is 10.2 Å². The number of amides is 2. The molecule has 1 heterocycles. The van der Waals surface area contributed by atoms with Gasteiger partial charge >= 0.3 is 0 Å². The maximum Gasteiger partial charge on any atom is 0.240 e. The number of thioether (sulfide) groups is 1. The molecule has 1 aliphatic heterocycles. The molecular formula is C18H17ClN2O2S. The van der Waals surface area contributed by atoms with Crippen molar-refractivity contribution < 1.29 is 9.59 Å². The van der Waals surface area contributed by atoms with Gasteiger partial charge in [-0.2, -0.15) is 0 Å². The van der Waals surface area contributed by atoms with Crippen LogP contribution in [0, 0.1) is 0 Å². The van der Waals surface area contributed by atoms with Gasteiger partial charge in [-0.25, -0.2) is 0 Å². The minimum Gasteiger partial charge on any atom is -0.348 e. The summed E-state index contributed by atoms with van der Waals surface area (Å²) in [5.74, 6) is 0.0846. The largest absolute Gasteiger partial charge is 0.348 e. The van der Waals surface area contributed by atoms with Crippen LogP contribution in [0.4, 0.5) is 5.69 Å².